The minimum Gasteiger partial charge on any atom is -0.480 e. The number of rotatable bonds is 2. The number of amides is 2. The van der Waals surface area contributed by atoms with Gasteiger partial charge in [0.1, 0.15) is 5.56 Å². The van der Waals surface area contributed by atoms with Crippen molar-refractivity contribution < 1.29 is 14.3 Å². The van der Waals surface area contributed by atoms with Crippen LogP contribution in [0.4, 0.5) is 0 Å². The lowest BCUT2D eigenvalue weighted by molar-refractivity contribution is -0.120. The van der Waals surface area contributed by atoms with Gasteiger partial charge in [-0.1, -0.05) is 0 Å². The molecule has 2 rings (SSSR count). The number of ether oxygens (including phenoxy) is 1. The third kappa shape index (κ3) is 2.58. The number of carbonyl (C=O) groups excluding carboxylic acids is 2. The van der Waals surface area contributed by atoms with Gasteiger partial charge in [0.05, 0.1) is 7.11 Å². The van der Waals surface area contributed by atoms with Crippen LogP contribution in [0.5, 0.6) is 5.88 Å². The van der Waals surface area contributed by atoms with Gasteiger partial charge in [0, 0.05) is 32.3 Å². The molecule has 2 amide bonds. The molecule has 0 spiro atoms. The first kappa shape index (κ1) is 12.3. The summed E-state index contributed by atoms with van der Waals surface area (Å²) < 4.78 is 5.07. The van der Waals surface area contributed by atoms with Gasteiger partial charge in [0.15, 0.2) is 0 Å². The van der Waals surface area contributed by atoms with E-state index < -0.39 is 0 Å². The summed E-state index contributed by atoms with van der Waals surface area (Å²) in [6, 6.07) is 3.37. The first-order valence-corrected chi connectivity index (χ1v) is 5.77. The minimum absolute atomic E-state index is 0.0246. The molecule has 1 aliphatic heterocycles. The average molecular weight is 249 g/mol. The molecule has 0 aromatic carbocycles. The van der Waals surface area contributed by atoms with E-state index in [0.717, 1.165) is 0 Å². The summed E-state index contributed by atoms with van der Waals surface area (Å²) in [5, 5.41) is 2.73. The molecule has 2 heterocycles. The summed E-state index contributed by atoms with van der Waals surface area (Å²) in [6.45, 7) is 1.40. The SMILES string of the molecule is COc1ncccc1C(=O)N1CCNC(=O)CC1. The molecule has 0 radical (unpaired) electrons. The molecular weight excluding hydrogens is 234 g/mol. The van der Waals surface area contributed by atoms with Crippen LogP contribution in [0, 0.1) is 0 Å². The molecule has 1 aromatic rings. The van der Waals surface area contributed by atoms with Gasteiger partial charge in [0.25, 0.3) is 5.91 Å². The van der Waals surface area contributed by atoms with Crippen molar-refractivity contribution in [1.82, 2.24) is 15.2 Å². The highest BCUT2D eigenvalue weighted by Crippen LogP contribution is 2.16. The molecule has 1 saturated heterocycles. The molecule has 6 heteroatoms. The lowest BCUT2D eigenvalue weighted by atomic mass is 10.2. The topological polar surface area (TPSA) is 71.5 Å². The van der Waals surface area contributed by atoms with E-state index in [1.54, 1.807) is 23.2 Å². The second kappa shape index (κ2) is 5.48. The van der Waals surface area contributed by atoms with Gasteiger partial charge < -0.3 is 15.0 Å². The summed E-state index contributed by atoms with van der Waals surface area (Å²) in [5.41, 5.74) is 0.425. The van der Waals surface area contributed by atoms with Crippen molar-refractivity contribution in [2.24, 2.45) is 0 Å². The van der Waals surface area contributed by atoms with Crippen molar-refractivity contribution >= 4 is 11.8 Å². The number of hydrogen-bond donors (Lipinski definition) is 1. The van der Waals surface area contributed by atoms with E-state index in [9.17, 15) is 9.59 Å². The minimum atomic E-state index is -0.156. The van der Waals surface area contributed by atoms with E-state index in [0.29, 0.717) is 37.5 Å². The van der Waals surface area contributed by atoms with E-state index in [2.05, 4.69) is 10.3 Å². The first-order chi connectivity index (χ1) is 8.72. The Balaban J connectivity index is 2.17. The molecule has 1 aliphatic rings. The quantitative estimate of drug-likeness (QED) is 0.804. The van der Waals surface area contributed by atoms with Gasteiger partial charge in [-0.3, -0.25) is 9.59 Å². The van der Waals surface area contributed by atoms with Crippen LogP contribution in [-0.4, -0.2) is 48.4 Å². The van der Waals surface area contributed by atoms with E-state index in [1.807, 2.05) is 0 Å². The number of pyridine rings is 1. The van der Waals surface area contributed by atoms with Crippen LogP contribution < -0.4 is 10.1 Å². The van der Waals surface area contributed by atoms with E-state index >= 15 is 0 Å². The molecule has 1 fully saturated rings. The number of nitrogens with one attached hydrogen (secondary N) is 1. The fourth-order valence-corrected chi connectivity index (χ4v) is 1.86. The summed E-state index contributed by atoms with van der Waals surface area (Å²) in [6.07, 6.45) is 1.90. The summed E-state index contributed by atoms with van der Waals surface area (Å²) in [7, 11) is 1.48. The maximum Gasteiger partial charge on any atom is 0.259 e. The second-order valence-electron chi connectivity index (χ2n) is 3.95. The van der Waals surface area contributed by atoms with Crippen molar-refractivity contribution in [3.05, 3.63) is 23.9 Å². The number of aromatic nitrogens is 1. The summed E-state index contributed by atoms with van der Waals surface area (Å²) in [4.78, 5) is 29.2. The van der Waals surface area contributed by atoms with Crippen molar-refractivity contribution in [2.45, 2.75) is 6.42 Å². The maximum atomic E-state index is 12.3. The molecule has 1 N–H and O–H groups in total. The predicted octanol–water partition coefficient (Wildman–Crippen LogP) is 0.0523. The summed E-state index contributed by atoms with van der Waals surface area (Å²) >= 11 is 0. The summed E-state index contributed by atoms with van der Waals surface area (Å²) in [5.74, 6) is 0.130. The molecular formula is C12H15N3O3. The van der Waals surface area contributed by atoms with Gasteiger partial charge >= 0.3 is 0 Å². The zero-order valence-electron chi connectivity index (χ0n) is 10.2. The Morgan fingerprint density at radius 1 is 1.50 bits per heavy atom. The van der Waals surface area contributed by atoms with Crippen LogP contribution in [0.1, 0.15) is 16.8 Å². The third-order valence-corrected chi connectivity index (χ3v) is 2.79. The molecule has 0 bridgehead atoms. The van der Waals surface area contributed by atoms with Crippen LogP contribution in [-0.2, 0) is 4.79 Å². The molecule has 96 valence electrons. The zero-order valence-corrected chi connectivity index (χ0v) is 10.2. The highest BCUT2D eigenvalue weighted by atomic mass is 16.5. The van der Waals surface area contributed by atoms with Crippen molar-refractivity contribution in [1.29, 1.82) is 0 Å². The average Bonchev–Trinajstić information content (AvgIpc) is 2.62. The number of nitrogens with zero attached hydrogens (tertiary/aromatic N) is 2. The van der Waals surface area contributed by atoms with Gasteiger partial charge in [-0.25, -0.2) is 4.98 Å². The Kier molecular flexibility index (Phi) is 3.76. The Hall–Kier alpha value is -2.11. The Morgan fingerprint density at radius 3 is 3.11 bits per heavy atom. The van der Waals surface area contributed by atoms with Gasteiger partial charge in [-0.05, 0) is 12.1 Å². The molecule has 0 atom stereocenters. The lowest BCUT2D eigenvalue weighted by Gasteiger charge is -2.20. The fourth-order valence-electron chi connectivity index (χ4n) is 1.86. The van der Waals surface area contributed by atoms with Gasteiger partial charge in [-0.2, -0.15) is 0 Å². The van der Waals surface area contributed by atoms with Crippen molar-refractivity contribution in [3.8, 4) is 5.88 Å². The molecule has 18 heavy (non-hydrogen) atoms. The molecule has 0 saturated carbocycles. The van der Waals surface area contributed by atoms with Gasteiger partial charge in [0.2, 0.25) is 11.8 Å². The maximum absolute atomic E-state index is 12.3. The van der Waals surface area contributed by atoms with Crippen molar-refractivity contribution in [2.75, 3.05) is 26.7 Å². The van der Waals surface area contributed by atoms with Crippen LogP contribution in [0.25, 0.3) is 0 Å². The molecule has 0 unspecified atom stereocenters. The number of methoxy groups -OCH3 is 1. The molecule has 0 aliphatic carbocycles. The van der Waals surface area contributed by atoms with Crippen LogP contribution in [0.15, 0.2) is 18.3 Å². The van der Waals surface area contributed by atoms with E-state index in [1.165, 1.54) is 7.11 Å². The molecule has 1 aromatic heterocycles. The number of hydrogen-bond acceptors (Lipinski definition) is 4. The highest BCUT2D eigenvalue weighted by Gasteiger charge is 2.22. The first-order valence-electron chi connectivity index (χ1n) is 5.77. The smallest absolute Gasteiger partial charge is 0.259 e. The number of carbonyl (C=O) groups is 2. The third-order valence-electron chi connectivity index (χ3n) is 2.79. The normalized spacial score (nSPS) is 15.8. The van der Waals surface area contributed by atoms with Crippen molar-refractivity contribution in [3.63, 3.8) is 0 Å². The van der Waals surface area contributed by atoms with Crippen LogP contribution in [0.3, 0.4) is 0 Å². The van der Waals surface area contributed by atoms with E-state index in [4.69, 9.17) is 4.74 Å². The van der Waals surface area contributed by atoms with Gasteiger partial charge in [-0.15, -0.1) is 0 Å². The Labute approximate surface area is 105 Å². The zero-order chi connectivity index (χ0) is 13.0. The molecule has 6 nitrogen and oxygen atoms in total. The van der Waals surface area contributed by atoms with Crippen LogP contribution >= 0.6 is 0 Å². The Morgan fingerprint density at radius 2 is 2.33 bits per heavy atom. The van der Waals surface area contributed by atoms with Crippen LogP contribution in [0.2, 0.25) is 0 Å². The monoisotopic (exact) mass is 249 g/mol. The predicted molar refractivity (Wildman–Crippen MR) is 64.3 cm³/mol. The highest BCUT2D eigenvalue weighted by molar-refractivity contribution is 5.96. The lowest BCUT2D eigenvalue weighted by Crippen LogP contribution is -2.34. The van der Waals surface area contributed by atoms with E-state index in [-0.39, 0.29) is 11.8 Å². The second-order valence-corrected chi connectivity index (χ2v) is 3.95. The Bertz CT molecular complexity index is 462. The fraction of sp³-hybridized carbons (Fsp3) is 0.417. The largest absolute Gasteiger partial charge is 0.480 e. The standard InChI is InChI=1S/C12H15N3O3/c1-18-11-9(3-2-5-14-11)12(17)15-7-4-10(16)13-6-8-15/h2-3,5H,4,6-8H2,1H3,(H,13,16).